The van der Waals surface area contributed by atoms with Gasteiger partial charge in [-0.25, -0.2) is 0 Å². The zero-order chi connectivity index (χ0) is 14.8. The molecule has 2 atom stereocenters. The molecule has 1 N–H and O–H groups in total. The van der Waals surface area contributed by atoms with Crippen LogP contribution in [0.1, 0.15) is 13.8 Å². The Kier molecular flexibility index (Phi) is 5.38. The van der Waals surface area contributed by atoms with Crippen LogP contribution in [-0.2, 0) is 14.9 Å². The number of morpholine rings is 1. The van der Waals surface area contributed by atoms with Crippen LogP contribution in [0.4, 0.5) is 0 Å². The minimum atomic E-state index is -3.46. The van der Waals surface area contributed by atoms with E-state index in [1.54, 1.807) is 0 Å². The van der Waals surface area contributed by atoms with Crippen molar-refractivity contribution in [1.29, 1.82) is 0 Å². The van der Waals surface area contributed by atoms with E-state index in [2.05, 4.69) is 4.90 Å². The highest BCUT2D eigenvalue weighted by atomic mass is 32.2. The zero-order valence-corrected chi connectivity index (χ0v) is 13.0. The number of β-amino-alcohol motifs (C(OH)–C–C–N with tert-alkyl or cyclic N) is 1. The van der Waals surface area contributed by atoms with E-state index in [-0.39, 0.29) is 12.6 Å². The van der Waals surface area contributed by atoms with Crippen molar-refractivity contribution >= 4 is 10.2 Å². The molecule has 0 unspecified atom stereocenters. The lowest BCUT2D eigenvalue weighted by Crippen LogP contribution is -2.49. The summed E-state index contributed by atoms with van der Waals surface area (Å²) in [5, 5.41) is 10.2. The summed E-state index contributed by atoms with van der Waals surface area (Å²) in [5.74, 6) is 0. The number of nitrogens with zero attached hydrogens (tertiary/aromatic N) is 3. The third-order valence-electron chi connectivity index (χ3n) is 4.10. The Morgan fingerprint density at radius 1 is 1.20 bits per heavy atom. The first-order valence-electron chi connectivity index (χ1n) is 7.25. The first kappa shape index (κ1) is 16.1. The first-order chi connectivity index (χ1) is 9.50. The Balaban J connectivity index is 2.05. The monoisotopic (exact) mass is 307 g/mol. The number of hydrogen-bond acceptors (Lipinski definition) is 5. The molecule has 20 heavy (non-hydrogen) atoms. The van der Waals surface area contributed by atoms with Crippen LogP contribution in [0, 0.1) is 0 Å². The largest absolute Gasteiger partial charge is 0.390 e. The quantitative estimate of drug-likeness (QED) is 0.702. The van der Waals surface area contributed by atoms with Crippen LogP contribution in [0.5, 0.6) is 0 Å². The summed E-state index contributed by atoms with van der Waals surface area (Å²) in [6.07, 6.45) is -0.626. The van der Waals surface area contributed by atoms with Gasteiger partial charge in [0.2, 0.25) is 0 Å². The van der Waals surface area contributed by atoms with E-state index in [0.717, 1.165) is 13.1 Å². The average Bonchev–Trinajstić information content (AvgIpc) is 2.84. The van der Waals surface area contributed by atoms with E-state index in [1.807, 2.05) is 13.8 Å². The van der Waals surface area contributed by atoms with E-state index in [0.29, 0.717) is 32.8 Å². The van der Waals surface area contributed by atoms with Crippen molar-refractivity contribution in [2.75, 3.05) is 52.5 Å². The fraction of sp³-hybridized carbons (Fsp3) is 1.00. The van der Waals surface area contributed by atoms with Crippen molar-refractivity contribution in [3.05, 3.63) is 0 Å². The summed E-state index contributed by atoms with van der Waals surface area (Å²) in [5.41, 5.74) is 0. The fourth-order valence-corrected chi connectivity index (χ4v) is 4.57. The van der Waals surface area contributed by atoms with Gasteiger partial charge in [-0.1, -0.05) is 13.8 Å². The smallest absolute Gasteiger partial charge is 0.282 e. The van der Waals surface area contributed by atoms with Gasteiger partial charge in [0.15, 0.2) is 0 Å². The van der Waals surface area contributed by atoms with E-state index < -0.39 is 16.3 Å². The molecule has 0 amide bonds. The minimum absolute atomic E-state index is 0.121. The lowest BCUT2D eigenvalue weighted by molar-refractivity contribution is -0.00603. The van der Waals surface area contributed by atoms with Gasteiger partial charge in [0.05, 0.1) is 25.4 Å². The maximum atomic E-state index is 12.5. The summed E-state index contributed by atoms with van der Waals surface area (Å²) >= 11 is 0. The number of ether oxygens (including phenoxy) is 1. The second-order valence-corrected chi connectivity index (χ2v) is 7.12. The molecule has 2 aliphatic rings. The number of aliphatic hydroxyl groups is 1. The molecule has 0 bridgehead atoms. The Hall–Kier alpha value is -0.250. The molecule has 118 valence electrons. The summed E-state index contributed by atoms with van der Waals surface area (Å²) < 4.78 is 33.1. The van der Waals surface area contributed by atoms with Crippen LogP contribution in [0.25, 0.3) is 0 Å². The molecule has 8 heteroatoms. The molecule has 0 aliphatic carbocycles. The Bertz CT molecular complexity index is 407. The fourth-order valence-electron chi connectivity index (χ4n) is 2.90. The number of aliphatic hydroxyl groups excluding tert-OH is 1. The predicted octanol–water partition coefficient (Wildman–Crippen LogP) is -1.05. The van der Waals surface area contributed by atoms with Crippen LogP contribution < -0.4 is 0 Å². The van der Waals surface area contributed by atoms with Crippen LogP contribution >= 0.6 is 0 Å². The van der Waals surface area contributed by atoms with Gasteiger partial charge >= 0.3 is 0 Å². The van der Waals surface area contributed by atoms with Crippen LogP contribution in [-0.4, -0.2) is 91.7 Å². The summed E-state index contributed by atoms with van der Waals surface area (Å²) in [7, 11) is -3.46. The highest BCUT2D eigenvalue weighted by molar-refractivity contribution is 7.86. The maximum Gasteiger partial charge on any atom is 0.282 e. The van der Waals surface area contributed by atoms with Crippen LogP contribution in [0.3, 0.4) is 0 Å². The Morgan fingerprint density at radius 3 is 2.35 bits per heavy atom. The summed E-state index contributed by atoms with van der Waals surface area (Å²) in [4.78, 5) is 2.13. The van der Waals surface area contributed by atoms with Crippen LogP contribution in [0.15, 0.2) is 0 Å². The van der Waals surface area contributed by atoms with Crippen molar-refractivity contribution in [2.24, 2.45) is 0 Å². The Labute approximate surface area is 121 Å². The lowest BCUT2D eigenvalue weighted by atomic mass is 10.2. The summed E-state index contributed by atoms with van der Waals surface area (Å²) in [6, 6.07) is -0.121. The molecule has 0 saturated carbocycles. The highest BCUT2D eigenvalue weighted by Gasteiger charge is 2.42. The molecule has 0 radical (unpaired) electrons. The van der Waals surface area contributed by atoms with E-state index in [4.69, 9.17) is 4.74 Å². The minimum Gasteiger partial charge on any atom is -0.390 e. The van der Waals surface area contributed by atoms with E-state index in [9.17, 15) is 13.5 Å². The van der Waals surface area contributed by atoms with E-state index >= 15 is 0 Å². The van der Waals surface area contributed by atoms with Gasteiger partial charge in [-0.05, 0) is 0 Å². The molecule has 0 spiro atoms. The average molecular weight is 307 g/mol. The second-order valence-electron chi connectivity index (χ2n) is 5.19. The van der Waals surface area contributed by atoms with Gasteiger partial charge in [-0.2, -0.15) is 17.0 Å². The second kappa shape index (κ2) is 6.67. The molecule has 2 heterocycles. The van der Waals surface area contributed by atoms with Gasteiger partial charge in [0.25, 0.3) is 10.2 Å². The van der Waals surface area contributed by atoms with Crippen molar-refractivity contribution < 1.29 is 18.3 Å². The first-order valence-corrected chi connectivity index (χ1v) is 8.65. The van der Waals surface area contributed by atoms with Gasteiger partial charge in [-0.3, -0.25) is 4.90 Å². The van der Waals surface area contributed by atoms with Gasteiger partial charge in [0.1, 0.15) is 0 Å². The van der Waals surface area contributed by atoms with Crippen molar-refractivity contribution in [2.45, 2.75) is 26.0 Å². The maximum absolute atomic E-state index is 12.5. The molecular formula is C12H25N3O4S. The SMILES string of the molecule is CCN(CC)S(=O)(=O)N1C[C@@H](O)[C@H](N2CCOCC2)C1. The molecule has 2 rings (SSSR count). The third kappa shape index (κ3) is 3.15. The Morgan fingerprint density at radius 2 is 1.80 bits per heavy atom. The lowest BCUT2D eigenvalue weighted by Gasteiger charge is -2.33. The van der Waals surface area contributed by atoms with Gasteiger partial charge < -0.3 is 9.84 Å². The van der Waals surface area contributed by atoms with Gasteiger partial charge in [0, 0.05) is 39.3 Å². The molecule has 0 aromatic heterocycles. The van der Waals surface area contributed by atoms with Crippen molar-refractivity contribution in [3.8, 4) is 0 Å². The highest BCUT2D eigenvalue weighted by Crippen LogP contribution is 2.22. The summed E-state index contributed by atoms with van der Waals surface area (Å²) in [6.45, 7) is 7.89. The molecule has 0 aromatic rings. The normalized spacial score (nSPS) is 30.2. The van der Waals surface area contributed by atoms with Gasteiger partial charge in [-0.15, -0.1) is 0 Å². The molecule has 7 nitrogen and oxygen atoms in total. The van der Waals surface area contributed by atoms with Crippen molar-refractivity contribution in [3.63, 3.8) is 0 Å². The zero-order valence-electron chi connectivity index (χ0n) is 12.2. The third-order valence-corrected chi connectivity index (χ3v) is 6.22. The van der Waals surface area contributed by atoms with Crippen molar-refractivity contribution in [1.82, 2.24) is 13.5 Å². The molecule has 0 aromatic carbocycles. The molecule has 2 aliphatic heterocycles. The van der Waals surface area contributed by atoms with E-state index in [1.165, 1.54) is 8.61 Å². The standard InChI is InChI=1S/C12H25N3O4S/c1-3-14(4-2)20(17,18)15-9-11(12(16)10-15)13-5-7-19-8-6-13/h11-12,16H,3-10H2,1-2H3/t11-,12-/m1/s1. The predicted molar refractivity (Wildman–Crippen MR) is 75.6 cm³/mol. The number of hydrogen-bond donors (Lipinski definition) is 1. The molecule has 2 saturated heterocycles. The van der Waals surface area contributed by atoms with Crippen LogP contribution in [0.2, 0.25) is 0 Å². The molecular weight excluding hydrogens is 282 g/mol. The topological polar surface area (TPSA) is 73.3 Å². The number of rotatable bonds is 5. The molecule has 2 fully saturated rings.